The molecular formula is C24H16N4OS. The molecule has 0 radical (unpaired) electrons. The molecule has 4 aromatic rings. The minimum Gasteiger partial charge on any atom is -0.289 e. The molecule has 30 heavy (non-hydrogen) atoms. The van der Waals surface area contributed by atoms with Crippen molar-refractivity contribution in [3.8, 4) is 11.4 Å². The van der Waals surface area contributed by atoms with Gasteiger partial charge in [0.15, 0.2) is 11.6 Å². The molecule has 144 valence electrons. The van der Waals surface area contributed by atoms with Crippen molar-refractivity contribution in [2.45, 2.75) is 5.16 Å². The first-order chi connectivity index (χ1) is 14.8. The van der Waals surface area contributed by atoms with Crippen LogP contribution in [0.3, 0.4) is 0 Å². The number of nitrogens with zero attached hydrogens (tertiary/aromatic N) is 4. The summed E-state index contributed by atoms with van der Waals surface area (Å²) in [5.41, 5.74) is 3.21. The van der Waals surface area contributed by atoms with Crippen LogP contribution in [0.2, 0.25) is 0 Å². The summed E-state index contributed by atoms with van der Waals surface area (Å²) in [5, 5.41) is 14.1. The Labute approximate surface area is 177 Å². The van der Waals surface area contributed by atoms with Gasteiger partial charge in [-0.1, -0.05) is 91.0 Å². The van der Waals surface area contributed by atoms with Gasteiger partial charge in [0.1, 0.15) is 5.71 Å². The Kier molecular flexibility index (Phi) is 4.83. The Bertz CT molecular complexity index is 1260. The Morgan fingerprint density at radius 1 is 0.767 bits per heavy atom. The number of carbonyl (C=O) groups is 1. The van der Waals surface area contributed by atoms with Crippen molar-refractivity contribution in [2.75, 3.05) is 0 Å². The fourth-order valence-corrected chi connectivity index (χ4v) is 4.09. The molecular weight excluding hydrogens is 392 g/mol. The SMILES string of the molecule is O=C(/C=C1\Sc2nnc(-c3ccccc3)n2N=C1c1ccccc1)c1ccccc1. The molecule has 0 unspecified atom stereocenters. The lowest BCUT2D eigenvalue weighted by atomic mass is 10.1. The van der Waals surface area contributed by atoms with E-state index < -0.39 is 0 Å². The third-order valence-corrected chi connectivity index (χ3v) is 5.61. The van der Waals surface area contributed by atoms with Crippen LogP contribution in [-0.2, 0) is 0 Å². The molecule has 0 bridgehead atoms. The lowest BCUT2D eigenvalue weighted by Gasteiger charge is -2.17. The van der Waals surface area contributed by atoms with Gasteiger partial charge < -0.3 is 0 Å². The predicted octanol–water partition coefficient (Wildman–Crippen LogP) is 5.07. The number of fused-ring (bicyclic) bond motifs is 1. The molecule has 1 aromatic heterocycles. The number of ketones is 1. The topological polar surface area (TPSA) is 60.1 Å². The number of benzene rings is 3. The van der Waals surface area contributed by atoms with Gasteiger partial charge in [0.2, 0.25) is 5.16 Å². The van der Waals surface area contributed by atoms with E-state index >= 15 is 0 Å². The van der Waals surface area contributed by atoms with E-state index in [1.54, 1.807) is 10.8 Å². The smallest absolute Gasteiger partial charge is 0.217 e. The first-order valence-electron chi connectivity index (χ1n) is 9.44. The van der Waals surface area contributed by atoms with Crippen LogP contribution >= 0.6 is 11.8 Å². The average Bonchev–Trinajstić information content (AvgIpc) is 3.23. The van der Waals surface area contributed by atoms with Crippen LogP contribution in [0.4, 0.5) is 0 Å². The number of carbonyl (C=O) groups excluding carboxylic acids is 1. The van der Waals surface area contributed by atoms with Crippen molar-refractivity contribution in [3.05, 3.63) is 113 Å². The molecule has 0 fully saturated rings. The van der Waals surface area contributed by atoms with Gasteiger partial charge in [-0.25, -0.2) is 0 Å². The summed E-state index contributed by atoms with van der Waals surface area (Å²) in [7, 11) is 0. The highest BCUT2D eigenvalue weighted by molar-refractivity contribution is 8.04. The minimum atomic E-state index is -0.0713. The van der Waals surface area contributed by atoms with Crippen LogP contribution < -0.4 is 0 Å². The number of hydrogen-bond donors (Lipinski definition) is 0. The standard InChI is InChI=1S/C24H16N4OS/c29-20(17-10-4-1-5-11-17)16-21-22(18-12-6-2-7-13-18)27-28-23(25-26-24(28)30-21)19-14-8-3-9-15-19/h1-16H/b21-16-. The summed E-state index contributed by atoms with van der Waals surface area (Å²) in [6.45, 7) is 0. The van der Waals surface area contributed by atoms with Crippen LogP contribution in [-0.4, -0.2) is 26.4 Å². The van der Waals surface area contributed by atoms with Crippen molar-refractivity contribution in [1.29, 1.82) is 0 Å². The summed E-state index contributed by atoms with van der Waals surface area (Å²) in [6, 6.07) is 28.9. The summed E-state index contributed by atoms with van der Waals surface area (Å²) in [5.74, 6) is 0.595. The second-order valence-electron chi connectivity index (χ2n) is 6.64. The summed E-state index contributed by atoms with van der Waals surface area (Å²) in [4.78, 5) is 13.6. The van der Waals surface area contributed by atoms with Crippen LogP contribution in [0, 0.1) is 0 Å². The Morgan fingerprint density at radius 3 is 2.03 bits per heavy atom. The van der Waals surface area contributed by atoms with Gasteiger partial charge in [-0.15, -0.1) is 10.2 Å². The van der Waals surface area contributed by atoms with Gasteiger partial charge in [0, 0.05) is 27.7 Å². The van der Waals surface area contributed by atoms with Gasteiger partial charge in [0.05, 0.1) is 0 Å². The van der Waals surface area contributed by atoms with E-state index in [4.69, 9.17) is 5.10 Å². The number of aromatic nitrogens is 3. The van der Waals surface area contributed by atoms with E-state index in [1.807, 2.05) is 91.0 Å². The Hall–Kier alpha value is -3.77. The number of allylic oxidation sites excluding steroid dienone is 2. The van der Waals surface area contributed by atoms with Crippen LogP contribution in [0.15, 0.2) is 112 Å². The fourth-order valence-electron chi connectivity index (χ4n) is 3.18. The molecule has 6 heteroatoms. The van der Waals surface area contributed by atoms with Crippen molar-refractivity contribution < 1.29 is 4.79 Å². The summed E-state index contributed by atoms with van der Waals surface area (Å²) >= 11 is 1.40. The lowest BCUT2D eigenvalue weighted by molar-refractivity contribution is 0.104. The van der Waals surface area contributed by atoms with Crippen molar-refractivity contribution >= 4 is 23.3 Å². The lowest BCUT2D eigenvalue weighted by Crippen LogP contribution is -2.14. The fraction of sp³-hybridized carbons (Fsp3) is 0. The van der Waals surface area contributed by atoms with E-state index in [0.29, 0.717) is 16.5 Å². The van der Waals surface area contributed by atoms with Gasteiger partial charge in [-0.05, 0) is 11.8 Å². The summed E-state index contributed by atoms with van der Waals surface area (Å²) < 4.78 is 1.74. The quantitative estimate of drug-likeness (QED) is 0.349. The normalized spacial score (nSPS) is 14.3. The molecule has 5 nitrogen and oxygen atoms in total. The third kappa shape index (κ3) is 3.49. The Balaban J connectivity index is 1.63. The number of rotatable bonds is 4. The minimum absolute atomic E-state index is 0.0713. The molecule has 0 saturated carbocycles. The first-order valence-corrected chi connectivity index (χ1v) is 10.3. The number of thioether (sulfide) groups is 1. The zero-order chi connectivity index (χ0) is 20.3. The molecule has 0 saturated heterocycles. The highest BCUT2D eigenvalue weighted by atomic mass is 32.2. The van der Waals surface area contributed by atoms with Crippen LogP contribution in [0.25, 0.3) is 11.4 Å². The molecule has 3 aromatic carbocycles. The first kappa shape index (κ1) is 18.3. The zero-order valence-corrected chi connectivity index (χ0v) is 16.7. The molecule has 1 aliphatic heterocycles. The number of hydrogen-bond acceptors (Lipinski definition) is 5. The van der Waals surface area contributed by atoms with Crippen molar-refractivity contribution in [1.82, 2.24) is 14.9 Å². The summed E-state index contributed by atoms with van der Waals surface area (Å²) in [6.07, 6.45) is 1.63. The van der Waals surface area contributed by atoms with Crippen LogP contribution in [0.1, 0.15) is 15.9 Å². The molecule has 2 heterocycles. The second-order valence-corrected chi connectivity index (χ2v) is 7.65. The Morgan fingerprint density at radius 2 is 1.37 bits per heavy atom. The van der Waals surface area contributed by atoms with E-state index in [2.05, 4.69) is 10.2 Å². The van der Waals surface area contributed by atoms with Crippen molar-refractivity contribution in [3.63, 3.8) is 0 Å². The molecule has 0 N–H and O–H groups in total. The molecule has 0 atom stereocenters. The van der Waals surface area contributed by atoms with E-state index in [9.17, 15) is 4.79 Å². The van der Waals surface area contributed by atoms with E-state index in [-0.39, 0.29) is 5.78 Å². The maximum Gasteiger partial charge on any atom is 0.217 e. The highest BCUT2D eigenvalue weighted by Gasteiger charge is 2.25. The van der Waals surface area contributed by atoms with Gasteiger partial charge in [-0.3, -0.25) is 4.79 Å². The molecule has 5 rings (SSSR count). The van der Waals surface area contributed by atoms with Gasteiger partial charge in [-0.2, -0.15) is 9.78 Å². The predicted molar refractivity (Wildman–Crippen MR) is 119 cm³/mol. The van der Waals surface area contributed by atoms with E-state index in [1.165, 1.54) is 11.8 Å². The third-order valence-electron chi connectivity index (χ3n) is 4.65. The van der Waals surface area contributed by atoms with E-state index in [0.717, 1.165) is 21.7 Å². The monoisotopic (exact) mass is 408 g/mol. The van der Waals surface area contributed by atoms with Crippen molar-refractivity contribution in [2.24, 2.45) is 5.10 Å². The average molecular weight is 408 g/mol. The maximum atomic E-state index is 12.8. The molecule has 0 amide bonds. The molecule has 1 aliphatic rings. The largest absolute Gasteiger partial charge is 0.289 e. The molecule has 0 spiro atoms. The molecule has 0 aliphatic carbocycles. The highest BCUT2D eigenvalue weighted by Crippen LogP contribution is 2.35. The van der Waals surface area contributed by atoms with Gasteiger partial charge in [0.25, 0.3) is 0 Å². The maximum absolute atomic E-state index is 12.8. The van der Waals surface area contributed by atoms with Gasteiger partial charge >= 0.3 is 0 Å². The zero-order valence-electron chi connectivity index (χ0n) is 15.8. The van der Waals surface area contributed by atoms with Crippen LogP contribution in [0.5, 0.6) is 0 Å². The second kappa shape index (κ2) is 7.93.